The third-order valence-corrected chi connectivity index (χ3v) is 4.42. The van der Waals surface area contributed by atoms with Crippen molar-refractivity contribution in [1.82, 2.24) is 5.32 Å². The number of hydrogen-bond acceptors (Lipinski definition) is 2. The Morgan fingerprint density at radius 1 is 1.48 bits per heavy atom. The number of terminal acetylenes is 1. The topological polar surface area (TPSA) is 49.3 Å². The number of carboxylic acid groups (broad SMARTS) is 1. The molecule has 0 aromatic heterocycles. The first-order chi connectivity index (χ1) is 10.6. The number of nitrogens with one attached hydrogen (secondary N) is 1. The van der Waals surface area contributed by atoms with E-state index >= 15 is 0 Å². The van der Waals surface area contributed by atoms with Gasteiger partial charge in [-0.3, -0.25) is 10.1 Å². The fraction of sp³-hybridized carbons (Fsp3) is 0.500. The molecule has 0 saturated carbocycles. The van der Waals surface area contributed by atoms with Gasteiger partial charge >= 0.3 is 5.97 Å². The van der Waals surface area contributed by atoms with Gasteiger partial charge in [0, 0.05) is 22.9 Å². The van der Waals surface area contributed by atoms with Crippen LogP contribution in [0.4, 0.5) is 4.39 Å². The molecular weight excluding hydrogens is 317 g/mol. The maximum atomic E-state index is 14.3. The van der Waals surface area contributed by atoms with Gasteiger partial charge in [-0.15, -0.1) is 12.3 Å². The molecule has 0 aliphatic carbocycles. The van der Waals surface area contributed by atoms with E-state index in [0.29, 0.717) is 11.4 Å². The smallest absolute Gasteiger partial charge is 0.321 e. The monoisotopic (exact) mass is 337 g/mol. The average Bonchev–Trinajstić information content (AvgIpc) is 2.77. The van der Waals surface area contributed by atoms with Crippen molar-refractivity contribution >= 4 is 17.6 Å². The van der Waals surface area contributed by atoms with Crippen LogP contribution in [0, 0.1) is 29.5 Å². The standard InChI is InChI=1S/C18H21ClFNO2/c1-5-11-14(9-18(2,3)4)21-16(17(22)23)15(11)12-8-10(19)6-7-13(12)20/h1,6-8,11,14-16,21H,9H2,2-4H3,(H,22,23)/t11?,14-,15-,16?/m0/s1. The van der Waals surface area contributed by atoms with Gasteiger partial charge in [0.2, 0.25) is 0 Å². The zero-order chi connectivity index (χ0) is 17.4. The lowest BCUT2D eigenvalue weighted by Crippen LogP contribution is -2.39. The van der Waals surface area contributed by atoms with Crippen LogP contribution in [0.5, 0.6) is 0 Å². The Bertz CT molecular complexity index is 647. The molecule has 4 atom stereocenters. The normalized spacial score (nSPS) is 27.7. The first kappa shape index (κ1) is 17.8. The van der Waals surface area contributed by atoms with Crippen LogP contribution in [0.25, 0.3) is 0 Å². The van der Waals surface area contributed by atoms with Crippen molar-refractivity contribution in [3.05, 3.63) is 34.6 Å². The van der Waals surface area contributed by atoms with Gasteiger partial charge in [-0.2, -0.15) is 0 Å². The quantitative estimate of drug-likeness (QED) is 0.827. The van der Waals surface area contributed by atoms with Crippen LogP contribution in [0.2, 0.25) is 5.02 Å². The summed E-state index contributed by atoms with van der Waals surface area (Å²) in [5.41, 5.74) is 0.231. The Hall–Kier alpha value is -1.57. The molecule has 1 aromatic rings. The highest BCUT2D eigenvalue weighted by Crippen LogP contribution is 2.41. The molecule has 1 aromatic carbocycles. The molecule has 5 heteroatoms. The molecular formula is C18H21ClFNO2. The summed E-state index contributed by atoms with van der Waals surface area (Å²) in [6.45, 7) is 6.18. The largest absolute Gasteiger partial charge is 0.480 e. The van der Waals surface area contributed by atoms with Crippen LogP contribution < -0.4 is 5.32 Å². The van der Waals surface area contributed by atoms with Crippen LogP contribution in [0.15, 0.2) is 18.2 Å². The van der Waals surface area contributed by atoms with Gasteiger partial charge in [0.1, 0.15) is 11.9 Å². The fourth-order valence-corrected chi connectivity index (χ4v) is 3.51. The maximum absolute atomic E-state index is 14.3. The molecule has 1 aliphatic rings. The summed E-state index contributed by atoms with van der Waals surface area (Å²) in [5.74, 6) is 0.0996. The summed E-state index contributed by atoms with van der Waals surface area (Å²) in [6.07, 6.45) is 6.38. The number of carbonyl (C=O) groups is 1. The second-order valence-corrected chi connectivity index (χ2v) is 7.67. The van der Waals surface area contributed by atoms with E-state index in [0.717, 1.165) is 0 Å². The van der Waals surface area contributed by atoms with Crippen molar-refractivity contribution in [3.63, 3.8) is 0 Å². The zero-order valence-corrected chi connectivity index (χ0v) is 14.2. The van der Waals surface area contributed by atoms with Gasteiger partial charge in [-0.1, -0.05) is 32.4 Å². The highest BCUT2D eigenvalue weighted by molar-refractivity contribution is 6.30. The maximum Gasteiger partial charge on any atom is 0.321 e. The highest BCUT2D eigenvalue weighted by Gasteiger charge is 2.48. The highest BCUT2D eigenvalue weighted by atomic mass is 35.5. The molecule has 23 heavy (non-hydrogen) atoms. The average molecular weight is 338 g/mol. The first-order valence-corrected chi connectivity index (χ1v) is 7.92. The fourth-order valence-electron chi connectivity index (χ4n) is 3.33. The van der Waals surface area contributed by atoms with Gasteiger partial charge in [0.05, 0.1) is 0 Å². The van der Waals surface area contributed by atoms with Crippen LogP contribution in [0.3, 0.4) is 0 Å². The summed E-state index contributed by atoms with van der Waals surface area (Å²) < 4.78 is 14.3. The second-order valence-electron chi connectivity index (χ2n) is 7.24. The van der Waals surface area contributed by atoms with Gasteiger partial charge < -0.3 is 5.11 Å². The lowest BCUT2D eigenvalue weighted by atomic mass is 9.77. The summed E-state index contributed by atoms with van der Waals surface area (Å²) in [4.78, 5) is 11.7. The molecule has 0 amide bonds. The number of halogens is 2. The van der Waals surface area contributed by atoms with E-state index in [9.17, 15) is 14.3 Å². The van der Waals surface area contributed by atoms with Crippen molar-refractivity contribution in [2.45, 2.75) is 45.2 Å². The molecule has 3 nitrogen and oxygen atoms in total. The summed E-state index contributed by atoms with van der Waals surface area (Å²) in [7, 11) is 0. The first-order valence-electron chi connectivity index (χ1n) is 7.54. The van der Waals surface area contributed by atoms with Crippen LogP contribution in [0.1, 0.15) is 38.7 Å². The molecule has 1 fully saturated rings. The molecule has 2 N–H and O–H groups in total. The van der Waals surface area contributed by atoms with Gasteiger partial charge in [0.25, 0.3) is 0 Å². The minimum atomic E-state index is -1.04. The summed E-state index contributed by atoms with van der Waals surface area (Å²) in [5, 5.41) is 13.0. The molecule has 0 spiro atoms. The molecule has 1 aliphatic heterocycles. The molecule has 1 saturated heterocycles. The van der Waals surface area contributed by atoms with Crippen molar-refractivity contribution < 1.29 is 14.3 Å². The van der Waals surface area contributed by atoms with E-state index in [1.807, 2.05) is 0 Å². The number of carboxylic acids is 1. The Kier molecular flexibility index (Phi) is 5.03. The zero-order valence-electron chi connectivity index (χ0n) is 13.4. The summed E-state index contributed by atoms with van der Waals surface area (Å²) in [6, 6.07) is 3.04. The Balaban J connectivity index is 2.47. The lowest BCUT2D eigenvalue weighted by molar-refractivity contribution is -0.139. The third-order valence-electron chi connectivity index (χ3n) is 4.18. The van der Waals surface area contributed by atoms with Gasteiger partial charge in [-0.25, -0.2) is 4.39 Å². The number of rotatable bonds is 3. The minimum absolute atomic E-state index is 0.0302. The van der Waals surface area contributed by atoms with E-state index < -0.39 is 29.7 Å². The molecule has 124 valence electrons. The van der Waals surface area contributed by atoms with E-state index in [1.165, 1.54) is 18.2 Å². The molecule has 0 bridgehead atoms. The molecule has 1 heterocycles. The van der Waals surface area contributed by atoms with Crippen molar-refractivity contribution in [2.75, 3.05) is 0 Å². The minimum Gasteiger partial charge on any atom is -0.480 e. The number of benzene rings is 1. The van der Waals surface area contributed by atoms with Gasteiger partial charge in [-0.05, 0) is 35.6 Å². The van der Waals surface area contributed by atoms with E-state index in [2.05, 4.69) is 32.0 Å². The van der Waals surface area contributed by atoms with Crippen LogP contribution in [-0.4, -0.2) is 23.2 Å². The van der Waals surface area contributed by atoms with Crippen molar-refractivity contribution in [2.24, 2.45) is 11.3 Å². The van der Waals surface area contributed by atoms with Gasteiger partial charge in [0.15, 0.2) is 0 Å². The van der Waals surface area contributed by atoms with E-state index in [-0.39, 0.29) is 17.0 Å². The van der Waals surface area contributed by atoms with Crippen LogP contribution in [-0.2, 0) is 4.79 Å². The Labute approximate surface area is 141 Å². The Morgan fingerprint density at radius 2 is 2.13 bits per heavy atom. The predicted octanol–water partition coefficient (Wildman–Crippen LogP) is 3.67. The van der Waals surface area contributed by atoms with Crippen molar-refractivity contribution in [3.8, 4) is 12.3 Å². The Morgan fingerprint density at radius 3 is 2.65 bits per heavy atom. The van der Waals surface area contributed by atoms with Crippen LogP contribution >= 0.6 is 11.6 Å². The molecule has 2 rings (SSSR count). The predicted molar refractivity (Wildman–Crippen MR) is 88.9 cm³/mol. The van der Waals surface area contributed by atoms with Crippen molar-refractivity contribution in [1.29, 1.82) is 0 Å². The van der Waals surface area contributed by atoms with E-state index in [1.54, 1.807) is 0 Å². The number of hydrogen-bond donors (Lipinski definition) is 2. The molecule has 0 radical (unpaired) electrons. The molecule has 2 unspecified atom stereocenters. The SMILES string of the molecule is C#CC1[C@@H](c2cc(Cl)ccc2F)C(C(=O)O)N[C@H]1CC(C)(C)C. The second kappa shape index (κ2) is 6.51. The lowest BCUT2D eigenvalue weighted by Gasteiger charge is -2.26. The number of aliphatic carboxylic acids is 1. The third kappa shape index (κ3) is 3.85. The summed E-state index contributed by atoms with van der Waals surface area (Å²) >= 11 is 5.97. The van der Waals surface area contributed by atoms with E-state index in [4.69, 9.17) is 18.0 Å².